The van der Waals surface area contributed by atoms with Gasteiger partial charge in [-0.25, -0.2) is 0 Å². The molecule has 0 aliphatic heterocycles. The van der Waals surface area contributed by atoms with E-state index in [9.17, 15) is 0 Å². The molecule has 0 saturated carbocycles. The van der Waals surface area contributed by atoms with Crippen molar-refractivity contribution < 1.29 is 0 Å². The van der Waals surface area contributed by atoms with E-state index in [1.165, 1.54) is 0 Å². The topological polar surface area (TPSA) is 0 Å². The van der Waals surface area contributed by atoms with Crippen molar-refractivity contribution in [2.24, 2.45) is 0 Å². The van der Waals surface area contributed by atoms with E-state index in [-0.39, 0.29) is 0 Å². The Balaban J connectivity index is 2.72. The Morgan fingerprint density at radius 2 is 1.91 bits per heavy atom. The van der Waals surface area contributed by atoms with E-state index < -0.39 is 0 Å². The van der Waals surface area contributed by atoms with Gasteiger partial charge >= 0.3 is 0 Å². The van der Waals surface area contributed by atoms with Crippen LogP contribution in [0, 0.1) is 0 Å². The van der Waals surface area contributed by atoms with Crippen molar-refractivity contribution in [3.8, 4) is 0 Å². The van der Waals surface area contributed by atoms with Crippen LogP contribution in [-0.2, 0) is 0 Å². The molecule has 0 aromatic heterocycles. The summed E-state index contributed by atoms with van der Waals surface area (Å²) in [5.74, 6) is 0. The van der Waals surface area contributed by atoms with E-state index in [1.807, 2.05) is 36.4 Å². The van der Waals surface area contributed by atoms with Gasteiger partial charge in [0.15, 0.2) is 0 Å². The van der Waals surface area contributed by atoms with Gasteiger partial charge in [0, 0.05) is 0 Å². The van der Waals surface area contributed by atoms with Gasteiger partial charge in [-0.1, -0.05) is 48.6 Å². The number of hydrogen-bond donors (Lipinski definition) is 1. The van der Waals surface area contributed by atoms with Crippen LogP contribution in [-0.4, -0.2) is 4.20 Å². The molecule has 56 valence electrons. The highest BCUT2D eigenvalue weighted by molar-refractivity contribution is 8.11. The molecule has 0 atom stereocenters. The summed E-state index contributed by atoms with van der Waals surface area (Å²) >= 11 is 8.75. The lowest BCUT2D eigenvalue weighted by atomic mass is 10.2. The van der Waals surface area contributed by atoms with Crippen molar-refractivity contribution in [2.75, 3.05) is 0 Å². The third-order valence-electron chi connectivity index (χ3n) is 1.22. The first-order valence-corrected chi connectivity index (χ1v) is 4.10. The number of thiol groups is 1. The molecule has 1 aromatic rings. The zero-order valence-electron chi connectivity index (χ0n) is 5.90. The fourth-order valence-electron chi connectivity index (χ4n) is 0.732. The monoisotopic (exact) mass is 180 g/mol. The smallest absolute Gasteiger partial charge is 0.0675 e. The van der Waals surface area contributed by atoms with Crippen molar-refractivity contribution in [3.63, 3.8) is 0 Å². The van der Waals surface area contributed by atoms with Crippen LogP contribution < -0.4 is 0 Å². The van der Waals surface area contributed by atoms with Gasteiger partial charge in [-0.15, -0.1) is 12.6 Å². The fraction of sp³-hybridized carbons (Fsp3) is 0. The average Bonchev–Trinajstić information content (AvgIpc) is 2.03. The predicted molar refractivity (Wildman–Crippen MR) is 57.1 cm³/mol. The maximum absolute atomic E-state index is 4.77. The van der Waals surface area contributed by atoms with Crippen LogP contribution in [0.1, 0.15) is 5.56 Å². The molecule has 0 radical (unpaired) electrons. The van der Waals surface area contributed by atoms with E-state index in [1.54, 1.807) is 6.08 Å². The first kappa shape index (κ1) is 8.50. The summed E-state index contributed by atoms with van der Waals surface area (Å²) < 4.78 is 0.605. The van der Waals surface area contributed by atoms with Crippen LogP contribution in [0.25, 0.3) is 6.08 Å². The standard InChI is InChI=1S/C9H8S2/c10-9(11)7-6-8-4-2-1-3-5-8/h1-7H,(H,10,11)/b7-6+. The number of benzene rings is 1. The van der Waals surface area contributed by atoms with Crippen LogP contribution in [0.5, 0.6) is 0 Å². The zero-order chi connectivity index (χ0) is 8.10. The van der Waals surface area contributed by atoms with Crippen LogP contribution >= 0.6 is 24.8 Å². The molecule has 0 fully saturated rings. The third kappa shape index (κ3) is 3.35. The van der Waals surface area contributed by atoms with Gasteiger partial charge in [-0.3, -0.25) is 0 Å². The molecule has 1 aromatic carbocycles. The normalized spacial score (nSPS) is 10.3. The van der Waals surface area contributed by atoms with Crippen molar-refractivity contribution in [1.82, 2.24) is 0 Å². The minimum absolute atomic E-state index is 0.605. The molecule has 1 rings (SSSR count). The largest absolute Gasteiger partial charge is 0.132 e. The molecule has 0 unspecified atom stereocenters. The van der Waals surface area contributed by atoms with Gasteiger partial charge in [-0.05, 0) is 11.6 Å². The Morgan fingerprint density at radius 3 is 2.45 bits per heavy atom. The molecule has 0 heterocycles. The SMILES string of the molecule is S=C(S)/C=C/c1ccccc1. The fourth-order valence-corrected chi connectivity index (χ4v) is 0.874. The van der Waals surface area contributed by atoms with Crippen molar-refractivity contribution in [1.29, 1.82) is 0 Å². The van der Waals surface area contributed by atoms with E-state index >= 15 is 0 Å². The highest BCUT2D eigenvalue weighted by Gasteiger charge is 1.82. The quantitative estimate of drug-likeness (QED) is 0.415. The molecular weight excluding hydrogens is 172 g/mol. The minimum Gasteiger partial charge on any atom is -0.132 e. The summed E-state index contributed by atoms with van der Waals surface area (Å²) in [6.45, 7) is 0. The van der Waals surface area contributed by atoms with Crippen molar-refractivity contribution in [2.45, 2.75) is 0 Å². The van der Waals surface area contributed by atoms with Crippen LogP contribution in [0.3, 0.4) is 0 Å². The summed E-state index contributed by atoms with van der Waals surface area (Å²) in [4.78, 5) is 0. The van der Waals surface area contributed by atoms with Gasteiger partial charge < -0.3 is 0 Å². The van der Waals surface area contributed by atoms with Gasteiger partial charge in [0.2, 0.25) is 0 Å². The summed E-state index contributed by atoms with van der Waals surface area (Å²) in [7, 11) is 0. The Bertz CT molecular complexity index is 262. The van der Waals surface area contributed by atoms with Gasteiger partial charge in [-0.2, -0.15) is 0 Å². The number of rotatable bonds is 2. The Kier molecular flexibility index (Phi) is 3.33. The Morgan fingerprint density at radius 1 is 1.27 bits per heavy atom. The van der Waals surface area contributed by atoms with Crippen LogP contribution in [0.15, 0.2) is 36.4 Å². The molecule has 2 heteroatoms. The molecule has 0 amide bonds. The lowest BCUT2D eigenvalue weighted by Gasteiger charge is -1.88. The molecule has 0 aliphatic rings. The summed E-state index contributed by atoms with van der Waals surface area (Å²) in [6.07, 6.45) is 3.74. The molecule has 0 aliphatic carbocycles. The molecule has 0 N–H and O–H groups in total. The molecule has 0 spiro atoms. The lowest BCUT2D eigenvalue weighted by Crippen LogP contribution is -1.72. The third-order valence-corrected chi connectivity index (χ3v) is 1.50. The summed E-state index contributed by atoms with van der Waals surface area (Å²) in [5.41, 5.74) is 1.14. The Hall–Kier alpha value is -0.600. The van der Waals surface area contributed by atoms with E-state index in [4.69, 9.17) is 12.2 Å². The zero-order valence-corrected chi connectivity index (χ0v) is 7.61. The maximum Gasteiger partial charge on any atom is 0.0675 e. The second kappa shape index (κ2) is 4.31. The van der Waals surface area contributed by atoms with Crippen molar-refractivity contribution >= 4 is 35.1 Å². The molecule has 0 saturated heterocycles. The molecule has 0 bridgehead atoms. The van der Waals surface area contributed by atoms with E-state index in [0.717, 1.165) is 5.56 Å². The highest BCUT2D eigenvalue weighted by atomic mass is 32.1. The first-order valence-electron chi connectivity index (χ1n) is 3.25. The van der Waals surface area contributed by atoms with Crippen LogP contribution in [0.2, 0.25) is 0 Å². The van der Waals surface area contributed by atoms with Gasteiger partial charge in [0.25, 0.3) is 0 Å². The lowest BCUT2D eigenvalue weighted by molar-refractivity contribution is 1.66. The average molecular weight is 180 g/mol. The van der Waals surface area contributed by atoms with Crippen LogP contribution in [0.4, 0.5) is 0 Å². The Labute approximate surface area is 77.4 Å². The van der Waals surface area contributed by atoms with Crippen molar-refractivity contribution in [3.05, 3.63) is 42.0 Å². The second-order valence-corrected chi connectivity index (χ2v) is 3.31. The van der Waals surface area contributed by atoms with Gasteiger partial charge in [0.05, 0.1) is 4.20 Å². The molecule has 0 nitrogen and oxygen atoms in total. The molecule has 11 heavy (non-hydrogen) atoms. The highest BCUT2D eigenvalue weighted by Crippen LogP contribution is 2.01. The summed E-state index contributed by atoms with van der Waals surface area (Å²) in [6, 6.07) is 9.99. The predicted octanol–water partition coefficient (Wildman–Crippen LogP) is 2.96. The van der Waals surface area contributed by atoms with E-state index in [0.29, 0.717) is 4.20 Å². The molecular formula is C9H8S2. The number of hydrogen-bond acceptors (Lipinski definition) is 1. The maximum atomic E-state index is 4.77. The van der Waals surface area contributed by atoms with Gasteiger partial charge in [0.1, 0.15) is 0 Å². The summed E-state index contributed by atoms with van der Waals surface area (Å²) in [5, 5.41) is 0. The second-order valence-electron chi connectivity index (χ2n) is 2.08. The minimum atomic E-state index is 0.605. The first-order chi connectivity index (χ1) is 5.29. The van der Waals surface area contributed by atoms with E-state index in [2.05, 4.69) is 12.6 Å². The number of thiocarbonyl (C=S) groups is 1.